The van der Waals surface area contributed by atoms with E-state index in [1.807, 2.05) is 36.2 Å². The third-order valence-electron chi connectivity index (χ3n) is 5.34. The molecule has 1 fully saturated rings. The van der Waals surface area contributed by atoms with Gasteiger partial charge >= 0.3 is 0 Å². The van der Waals surface area contributed by atoms with E-state index in [1.165, 1.54) is 16.5 Å². The molecule has 0 radical (unpaired) electrons. The molecule has 1 saturated heterocycles. The van der Waals surface area contributed by atoms with Gasteiger partial charge < -0.3 is 19.5 Å². The summed E-state index contributed by atoms with van der Waals surface area (Å²) in [7, 11) is 3.81. The molecule has 3 aromatic rings. The van der Waals surface area contributed by atoms with Crippen molar-refractivity contribution in [1.82, 2.24) is 19.9 Å². The topological polar surface area (TPSA) is 74.3 Å². The molecule has 29 heavy (non-hydrogen) atoms. The highest BCUT2D eigenvalue weighted by Crippen LogP contribution is 2.24. The average Bonchev–Trinajstić information content (AvgIpc) is 3.14. The summed E-state index contributed by atoms with van der Waals surface area (Å²) in [6.07, 6.45) is 4.75. The monoisotopic (exact) mass is 393 g/mol. The van der Waals surface area contributed by atoms with Crippen LogP contribution in [-0.2, 0) is 16.0 Å². The maximum Gasteiger partial charge on any atom is 0.225 e. The van der Waals surface area contributed by atoms with Crippen molar-refractivity contribution in [3.8, 4) is 0 Å². The summed E-state index contributed by atoms with van der Waals surface area (Å²) in [5.74, 6) is 0.798. The van der Waals surface area contributed by atoms with Crippen LogP contribution < -0.4 is 4.90 Å². The van der Waals surface area contributed by atoms with Crippen LogP contribution in [0.25, 0.3) is 10.9 Å². The van der Waals surface area contributed by atoms with Crippen LogP contribution in [0, 0.1) is 6.92 Å². The van der Waals surface area contributed by atoms with E-state index in [1.54, 1.807) is 6.20 Å². The van der Waals surface area contributed by atoms with Gasteiger partial charge in [-0.15, -0.1) is 0 Å². The summed E-state index contributed by atoms with van der Waals surface area (Å²) in [4.78, 5) is 28.7. The maximum atomic E-state index is 12.9. The van der Waals surface area contributed by atoms with Gasteiger partial charge in [0.05, 0.1) is 18.8 Å². The van der Waals surface area contributed by atoms with Crippen LogP contribution in [0.2, 0.25) is 0 Å². The van der Waals surface area contributed by atoms with Gasteiger partial charge in [0.25, 0.3) is 0 Å². The second kappa shape index (κ2) is 8.21. The van der Waals surface area contributed by atoms with Gasteiger partial charge in [-0.3, -0.25) is 4.79 Å². The summed E-state index contributed by atoms with van der Waals surface area (Å²) < 4.78 is 5.89. The van der Waals surface area contributed by atoms with Gasteiger partial charge in [-0.05, 0) is 37.1 Å². The van der Waals surface area contributed by atoms with Crippen LogP contribution in [0.5, 0.6) is 0 Å². The van der Waals surface area contributed by atoms with E-state index in [2.05, 4.69) is 40.1 Å². The number of fused-ring (bicyclic) bond motifs is 1. The van der Waals surface area contributed by atoms with Gasteiger partial charge in [-0.2, -0.15) is 0 Å². The zero-order chi connectivity index (χ0) is 20.4. The Labute approximate surface area is 170 Å². The van der Waals surface area contributed by atoms with Crippen LogP contribution >= 0.6 is 0 Å². The number of H-pyrrole nitrogens is 1. The first-order valence-corrected chi connectivity index (χ1v) is 9.97. The molecule has 7 heteroatoms. The van der Waals surface area contributed by atoms with Gasteiger partial charge in [-0.25, -0.2) is 9.97 Å². The number of aromatic amines is 1. The number of amides is 1. The lowest BCUT2D eigenvalue weighted by Crippen LogP contribution is -2.42. The highest BCUT2D eigenvalue weighted by molar-refractivity contribution is 5.85. The van der Waals surface area contributed by atoms with E-state index < -0.39 is 0 Å². The second-order valence-corrected chi connectivity index (χ2v) is 7.74. The molecule has 1 N–H and O–H groups in total. The quantitative estimate of drug-likeness (QED) is 0.722. The molecule has 0 aliphatic carbocycles. The molecule has 0 saturated carbocycles. The second-order valence-electron chi connectivity index (χ2n) is 7.74. The first-order valence-electron chi connectivity index (χ1n) is 9.97. The lowest BCUT2D eigenvalue weighted by atomic mass is 10.1. The minimum Gasteiger partial charge on any atom is -0.368 e. The van der Waals surface area contributed by atoms with Crippen molar-refractivity contribution < 1.29 is 9.53 Å². The molecular weight excluding hydrogens is 366 g/mol. The number of nitrogens with one attached hydrogen (secondary N) is 1. The number of nitrogens with zero attached hydrogens (tertiary/aromatic N) is 4. The average molecular weight is 393 g/mol. The van der Waals surface area contributed by atoms with E-state index in [0.29, 0.717) is 32.1 Å². The lowest BCUT2D eigenvalue weighted by molar-refractivity contribution is -0.139. The van der Waals surface area contributed by atoms with Gasteiger partial charge in [-0.1, -0.05) is 11.6 Å². The summed E-state index contributed by atoms with van der Waals surface area (Å²) in [6.45, 7) is 3.75. The molecule has 1 atom stereocenters. The van der Waals surface area contributed by atoms with Crippen molar-refractivity contribution in [3.63, 3.8) is 0 Å². The SMILES string of the molecule is Cc1ccc2[nH]cc(CCC(=O)N3CCOC(c4ccnc(N(C)C)n4)C3)c2c1. The highest BCUT2D eigenvalue weighted by atomic mass is 16.5. The number of hydrogen-bond acceptors (Lipinski definition) is 5. The van der Waals surface area contributed by atoms with Crippen molar-refractivity contribution in [2.45, 2.75) is 25.9 Å². The number of ether oxygens (including phenoxy) is 1. The molecular formula is C22H27N5O2. The zero-order valence-electron chi connectivity index (χ0n) is 17.2. The predicted octanol–water partition coefficient (Wildman–Crippen LogP) is 2.87. The fourth-order valence-electron chi connectivity index (χ4n) is 3.71. The number of carbonyl (C=O) groups excluding carboxylic acids is 1. The van der Waals surface area contributed by atoms with E-state index in [4.69, 9.17) is 4.74 Å². The minimum atomic E-state index is -0.217. The fraction of sp³-hybridized carbons (Fsp3) is 0.409. The summed E-state index contributed by atoms with van der Waals surface area (Å²) >= 11 is 0. The first-order chi connectivity index (χ1) is 14.0. The van der Waals surface area contributed by atoms with Gasteiger partial charge in [0, 0.05) is 50.4 Å². The molecule has 0 bridgehead atoms. The van der Waals surface area contributed by atoms with Gasteiger partial charge in [0.2, 0.25) is 11.9 Å². The Morgan fingerprint density at radius 2 is 2.21 bits per heavy atom. The third kappa shape index (κ3) is 4.24. The van der Waals surface area contributed by atoms with Crippen molar-refractivity contribution >= 4 is 22.8 Å². The highest BCUT2D eigenvalue weighted by Gasteiger charge is 2.26. The number of carbonyl (C=O) groups is 1. The molecule has 1 aliphatic rings. The predicted molar refractivity (Wildman–Crippen MR) is 113 cm³/mol. The molecule has 4 rings (SSSR count). The van der Waals surface area contributed by atoms with Crippen molar-refractivity contribution in [3.05, 3.63) is 53.5 Å². The molecule has 1 aromatic carbocycles. The maximum absolute atomic E-state index is 12.9. The standard InChI is InChI=1S/C22H27N5O2/c1-15-4-6-18-17(12-15)16(13-24-18)5-7-21(28)27-10-11-29-20(14-27)19-8-9-23-22(25-19)26(2)3/h4,6,8-9,12-13,20,24H,5,7,10-11,14H2,1-3H3. The number of rotatable bonds is 5. The van der Waals surface area contributed by atoms with Crippen molar-refractivity contribution in [2.24, 2.45) is 0 Å². The van der Waals surface area contributed by atoms with E-state index in [0.717, 1.165) is 17.6 Å². The number of benzene rings is 1. The van der Waals surface area contributed by atoms with Crippen LogP contribution in [0.3, 0.4) is 0 Å². The zero-order valence-corrected chi connectivity index (χ0v) is 17.2. The summed E-state index contributed by atoms with van der Waals surface area (Å²) in [5, 5.41) is 1.20. The molecule has 1 aliphatic heterocycles. The molecule has 152 valence electrons. The molecule has 3 heterocycles. The summed E-state index contributed by atoms with van der Waals surface area (Å²) in [5.41, 5.74) is 4.34. The fourth-order valence-corrected chi connectivity index (χ4v) is 3.71. The van der Waals surface area contributed by atoms with E-state index >= 15 is 0 Å². The summed E-state index contributed by atoms with van der Waals surface area (Å²) in [6, 6.07) is 8.22. The third-order valence-corrected chi connectivity index (χ3v) is 5.34. The number of morpholine rings is 1. The van der Waals surface area contributed by atoms with E-state index in [9.17, 15) is 4.79 Å². The number of anilines is 1. The Kier molecular flexibility index (Phi) is 5.49. The van der Waals surface area contributed by atoms with Crippen LogP contribution in [0.4, 0.5) is 5.95 Å². The van der Waals surface area contributed by atoms with Crippen LogP contribution in [0.1, 0.15) is 29.3 Å². The molecule has 2 aromatic heterocycles. The number of aromatic nitrogens is 3. The first kappa shape index (κ1) is 19.4. The number of aryl methyl sites for hydroxylation is 2. The molecule has 0 spiro atoms. The molecule has 7 nitrogen and oxygen atoms in total. The van der Waals surface area contributed by atoms with Gasteiger partial charge in [0.1, 0.15) is 6.10 Å². The number of hydrogen-bond donors (Lipinski definition) is 1. The minimum absolute atomic E-state index is 0.155. The van der Waals surface area contributed by atoms with Crippen LogP contribution in [-0.4, -0.2) is 59.6 Å². The Hall–Kier alpha value is -2.93. The Bertz CT molecular complexity index is 1010. The largest absolute Gasteiger partial charge is 0.368 e. The smallest absolute Gasteiger partial charge is 0.225 e. The Morgan fingerprint density at radius 1 is 1.34 bits per heavy atom. The molecule has 1 unspecified atom stereocenters. The normalized spacial score (nSPS) is 16.9. The molecule has 1 amide bonds. The Balaban J connectivity index is 1.41. The van der Waals surface area contributed by atoms with Gasteiger partial charge in [0.15, 0.2) is 0 Å². The lowest BCUT2D eigenvalue weighted by Gasteiger charge is -2.33. The van der Waals surface area contributed by atoms with Crippen LogP contribution in [0.15, 0.2) is 36.7 Å². The van der Waals surface area contributed by atoms with E-state index in [-0.39, 0.29) is 12.0 Å². The van der Waals surface area contributed by atoms with Crippen molar-refractivity contribution in [1.29, 1.82) is 0 Å². The Morgan fingerprint density at radius 3 is 3.03 bits per heavy atom. The van der Waals surface area contributed by atoms with Crippen molar-refractivity contribution in [2.75, 3.05) is 38.7 Å².